The summed E-state index contributed by atoms with van der Waals surface area (Å²) in [5, 5.41) is 11.0. The average Bonchev–Trinajstić information content (AvgIpc) is 2.59. The number of benzene rings is 2. The zero-order valence-corrected chi connectivity index (χ0v) is 13.1. The lowest BCUT2D eigenvalue weighted by Crippen LogP contribution is -2.23. The van der Waals surface area contributed by atoms with Gasteiger partial charge in [-0.3, -0.25) is 9.59 Å². The number of amides is 1. The van der Waals surface area contributed by atoms with Crippen molar-refractivity contribution >= 4 is 18.0 Å². The number of ether oxygens (including phenoxy) is 1. The lowest BCUT2D eigenvalue weighted by Gasteiger charge is -2.06. The third kappa shape index (κ3) is 6.36. The standard InChI is InChI=1S/C19H19NO4/c21-18(20-13-12-19(22)23)11-8-15-6-9-17(10-7-15)24-14-16-4-2-1-3-5-16/h1-11H,12-14H2,(H,20,21)(H,22,23)/b11-8+. The first kappa shape index (κ1) is 17.3. The van der Waals surface area contributed by atoms with Crippen LogP contribution in [0.1, 0.15) is 17.5 Å². The van der Waals surface area contributed by atoms with E-state index in [-0.39, 0.29) is 18.9 Å². The smallest absolute Gasteiger partial charge is 0.305 e. The summed E-state index contributed by atoms with van der Waals surface area (Å²) in [7, 11) is 0. The van der Waals surface area contributed by atoms with Crippen LogP contribution in [0.4, 0.5) is 0 Å². The summed E-state index contributed by atoms with van der Waals surface area (Å²) in [6.07, 6.45) is 2.95. The quantitative estimate of drug-likeness (QED) is 0.732. The highest BCUT2D eigenvalue weighted by Crippen LogP contribution is 2.15. The van der Waals surface area contributed by atoms with E-state index in [0.717, 1.165) is 16.9 Å². The molecule has 124 valence electrons. The van der Waals surface area contributed by atoms with Gasteiger partial charge in [-0.2, -0.15) is 0 Å². The van der Waals surface area contributed by atoms with Crippen LogP contribution in [0, 0.1) is 0 Å². The van der Waals surface area contributed by atoms with Crippen LogP contribution in [0.15, 0.2) is 60.7 Å². The van der Waals surface area contributed by atoms with E-state index in [4.69, 9.17) is 9.84 Å². The number of rotatable bonds is 8. The van der Waals surface area contributed by atoms with Crippen LogP contribution in [0.2, 0.25) is 0 Å². The van der Waals surface area contributed by atoms with Gasteiger partial charge >= 0.3 is 5.97 Å². The molecule has 5 nitrogen and oxygen atoms in total. The lowest BCUT2D eigenvalue weighted by molar-refractivity contribution is -0.136. The van der Waals surface area contributed by atoms with Crippen LogP contribution in [0.5, 0.6) is 5.75 Å². The number of nitrogens with one attached hydrogen (secondary N) is 1. The second kappa shape index (κ2) is 9.15. The van der Waals surface area contributed by atoms with Crippen LogP contribution < -0.4 is 10.1 Å². The van der Waals surface area contributed by atoms with E-state index in [2.05, 4.69) is 5.32 Å². The average molecular weight is 325 g/mol. The van der Waals surface area contributed by atoms with Gasteiger partial charge in [-0.25, -0.2) is 0 Å². The molecular weight excluding hydrogens is 306 g/mol. The van der Waals surface area contributed by atoms with Crippen LogP contribution in [0.25, 0.3) is 6.08 Å². The van der Waals surface area contributed by atoms with E-state index in [1.54, 1.807) is 6.08 Å². The first-order chi connectivity index (χ1) is 11.6. The van der Waals surface area contributed by atoms with Crippen LogP contribution in [-0.4, -0.2) is 23.5 Å². The van der Waals surface area contributed by atoms with E-state index in [9.17, 15) is 9.59 Å². The molecule has 2 N–H and O–H groups in total. The van der Waals surface area contributed by atoms with Gasteiger partial charge in [0.15, 0.2) is 0 Å². The highest BCUT2D eigenvalue weighted by molar-refractivity contribution is 5.91. The molecule has 2 aromatic carbocycles. The van der Waals surface area contributed by atoms with Gasteiger partial charge < -0.3 is 15.2 Å². The Morgan fingerprint density at radius 2 is 1.75 bits per heavy atom. The molecule has 0 spiro atoms. The Bertz CT molecular complexity index is 693. The normalized spacial score (nSPS) is 10.5. The van der Waals surface area contributed by atoms with Gasteiger partial charge in [0.25, 0.3) is 0 Å². The maximum absolute atomic E-state index is 11.5. The number of aliphatic carboxylic acids is 1. The monoisotopic (exact) mass is 325 g/mol. The molecule has 5 heteroatoms. The molecule has 1 amide bonds. The third-order valence-corrected chi connectivity index (χ3v) is 3.19. The topological polar surface area (TPSA) is 75.6 Å². The molecule has 0 saturated heterocycles. The summed E-state index contributed by atoms with van der Waals surface area (Å²) in [5.74, 6) is -0.507. The van der Waals surface area contributed by atoms with Crippen LogP contribution in [0.3, 0.4) is 0 Å². The van der Waals surface area contributed by atoms with Gasteiger partial charge in [0, 0.05) is 12.6 Å². The zero-order valence-electron chi connectivity index (χ0n) is 13.1. The van der Waals surface area contributed by atoms with Crippen molar-refractivity contribution in [1.29, 1.82) is 0 Å². The summed E-state index contributed by atoms with van der Waals surface area (Å²) >= 11 is 0. The molecule has 0 atom stereocenters. The predicted octanol–water partition coefficient (Wildman–Crippen LogP) is 2.87. The maximum Gasteiger partial charge on any atom is 0.305 e. The van der Waals surface area contributed by atoms with Gasteiger partial charge in [-0.15, -0.1) is 0 Å². The Balaban J connectivity index is 1.80. The Morgan fingerprint density at radius 1 is 1.04 bits per heavy atom. The summed E-state index contributed by atoms with van der Waals surface area (Å²) < 4.78 is 5.69. The zero-order chi connectivity index (χ0) is 17.2. The number of carbonyl (C=O) groups excluding carboxylic acids is 1. The van der Waals surface area contributed by atoms with E-state index in [1.165, 1.54) is 6.08 Å². The molecular formula is C19H19NO4. The molecule has 0 aliphatic rings. The molecule has 2 rings (SSSR count). The maximum atomic E-state index is 11.5. The number of hydrogen-bond acceptors (Lipinski definition) is 3. The minimum atomic E-state index is -0.939. The molecule has 0 radical (unpaired) electrons. The SMILES string of the molecule is O=C(O)CCNC(=O)/C=C/c1ccc(OCc2ccccc2)cc1. The van der Waals surface area contributed by atoms with Crippen molar-refractivity contribution < 1.29 is 19.4 Å². The van der Waals surface area contributed by atoms with Gasteiger partial charge in [-0.05, 0) is 29.3 Å². The van der Waals surface area contributed by atoms with Crippen molar-refractivity contribution in [2.24, 2.45) is 0 Å². The van der Waals surface area contributed by atoms with Crippen molar-refractivity contribution in [3.05, 3.63) is 71.8 Å². The molecule has 0 unspecified atom stereocenters. The number of carboxylic acids is 1. The molecule has 0 aliphatic carbocycles. The largest absolute Gasteiger partial charge is 0.489 e. The summed E-state index contributed by atoms with van der Waals surface area (Å²) in [6.45, 7) is 0.618. The Hall–Kier alpha value is -3.08. The van der Waals surface area contributed by atoms with Crippen LogP contribution >= 0.6 is 0 Å². The summed E-state index contributed by atoms with van der Waals surface area (Å²) in [6, 6.07) is 17.3. The third-order valence-electron chi connectivity index (χ3n) is 3.19. The van der Waals surface area contributed by atoms with Crippen molar-refractivity contribution in [3.63, 3.8) is 0 Å². The van der Waals surface area contributed by atoms with Crippen molar-refractivity contribution in [1.82, 2.24) is 5.32 Å². The fraction of sp³-hybridized carbons (Fsp3) is 0.158. The Morgan fingerprint density at radius 3 is 2.42 bits per heavy atom. The second-order valence-corrected chi connectivity index (χ2v) is 5.11. The predicted molar refractivity (Wildman–Crippen MR) is 91.5 cm³/mol. The minimum Gasteiger partial charge on any atom is -0.489 e. The Labute approximate surface area is 140 Å². The fourth-order valence-electron chi connectivity index (χ4n) is 1.94. The van der Waals surface area contributed by atoms with E-state index in [1.807, 2.05) is 54.6 Å². The highest BCUT2D eigenvalue weighted by Gasteiger charge is 1.99. The number of carbonyl (C=O) groups is 2. The highest BCUT2D eigenvalue weighted by atomic mass is 16.5. The first-order valence-corrected chi connectivity index (χ1v) is 7.58. The van der Waals surface area contributed by atoms with Gasteiger partial charge in [0.2, 0.25) is 5.91 Å². The minimum absolute atomic E-state index is 0.0902. The molecule has 0 saturated carbocycles. The molecule has 0 bridgehead atoms. The molecule has 0 aliphatic heterocycles. The molecule has 24 heavy (non-hydrogen) atoms. The van der Waals surface area contributed by atoms with Crippen molar-refractivity contribution in [2.45, 2.75) is 13.0 Å². The van der Waals surface area contributed by atoms with E-state index < -0.39 is 5.97 Å². The molecule has 0 aromatic heterocycles. The first-order valence-electron chi connectivity index (χ1n) is 7.58. The van der Waals surface area contributed by atoms with E-state index in [0.29, 0.717) is 6.61 Å². The van der Waals surface area contributed by atoms with E-state index >= 15 is 0 Å². The van der Waals surface area contributed by atoms with Gasteiger partial charge in [0.05, 0.1) is 6.42 Å². The van der Waals surface area contributed by atoms with Crippen LogP contribution in [-0.2, 0) is 16.2 Å². The second-order valence-electron chi connectivity index (χ2n) is 5.11. The molecule has 2 aromatic rings. The molecule has 0 heterocycles. The summed E-state index contributed by atoms with van der Waals surface area (Å²) in [4.78, 5) is 21.9. The summed E-state index contributed by atoms with van der Waals surface area (Å²) in [5.41, 5.74) is 1.95. The number of carboxylic acid groups (broad SMARTS) is 1. The van der Waals surface area contributed by atoms with Gasteiger partial charge in [-0.1, -0.05) is 42.5 Å². The molecule has 0 fully saturated rings. The van der Waals surface area contributed by atoms with Crippen molar-refractivity contribution in [3.8, 4) is 5.75 Å². The fourth-order valence-corrected chi connectivity index (χ4v) is 1.94. The lowest BCUT2D eigenvalue weighted by atomic mass is 10.2. The Kier molecular flexibility index (Phi) is 6.58. The van der Waals surface area contributed by atoms with Gasteiger partial charge in [0.1, 0.15) is 12.4 Å². The van der Waals surface area contributed by atoms with Crippen molar-refractivity contribution in [2.75, 3.05) is 6.54 Å². The number of hydrogen-bond donors (Lipinski definition) is 2.